The second kappa shape index (κ2) is 6.98. The third-order valence-electron chi connectivity index (χ3n) is 6.32. The first-order valence-corrected chi connectivity index (χ1v) is 11.2. The van der Waals surface area contributed by atoms with E-state index in [1.807, 2.05) is 31.2 Å². The predicted octanol–water partition coefficient (Wildman–Crippen LogP) is 5.09. The van der Waals surface area contributed by atoms with Gasteiger partial charge in [-0.05, 0) is 55.0 Å². The van der Waals surface area contributed by atoms with E-state index in [4.69, 9.17) is 27.9 Å². The molecule has 0 amide bonds. The number of aromatic amines is 1. The Morgan fingerprint density at radius 2 is 2.09 bits per heavy atom. The lowest BCUT2D eigenvalue weighted by Crippen LogP contribution is -2.34. The number of hydrogen-bond donors (Lipinski definition) is 2. The zero-order chi connectivity index (χ0) is 22.0. The van der Waals surface area contributed by atoms with Crippen LogP contribution in [0, 0.1) is 6.92 Å². The van der Waals surface area contributed by atoms with E-state index >= 15 is 0 Å². The Morgan fingerprint density at radius 3 is 2.91 bits per heavy atom. The molecule has 0 bridgehead atoms. The van der Waals surface area contributed by atoms with Gasteiger partial charge in [0.2, 0.25) is 0 Å². The summed E-state index contributed by atoms with van der Waals surface area (Å²) in [6.45, 7) is 4.89. The number of aromatic nitrogens is 5. The fourth-order valence-corrected chi connectivity index (χ4v) is 5.22. The van der Waals surface area contributed by atoms with Gasteiger partial charge in [0, 0.05) is 31.8 Å². The molecule has 6 rings (SSSR count). The number of nitrogens with zero attached hydrogens (tertiary/aromatic N) is 4. The first-order chi connectivity index (χ1) is 15.4. The minimum atomic E-state index is -0.291. The zero-order valence-electron chi connectivity index (χ0n) is 17.5. The maximum Gasteiger partial charge on any atom is 0.171 e. The maximum atomic E-state index is 6.41. The Hall–Kier alpha value is -3.03. The highest BCUT2D eigenvalue weighted by atomic mass is 35.5. The van der Waals surface area contributed by atoms with Crippen LogP contribution >= 0.6 is 23.2 Å². The molecule has 162 valence electrons. The van der Waals surface area contributed by atoms with Crippen molar-refractivity contribution in [1.82, 2.24) is 25.2 Å². The van der Waals surface area contributed by atoms with Crippen LogP contribution in [0.1, 0.15) is 18.3 Å². The monoisotopic (exact) mass is 466 g/mol. The summed E-state index contributed by atoms with van der Waals surface area (Å²) in [4.78, 5) is 5.07. The summed E-state index contributed by atoms with van der Waals surface area (Å²) >= 11 is 12.7. The van der Waals surface area contributed by atoms with Crippen molar-refractivity contribution >= 4 is 50.7 Å². The van der Waals surface area contributed by atoms with E-state index in [0.717, 1.165) is 43.8 Å². The molecule has 2 aromatic heterocycles. The van der Waals surface area contributed by atoms with Crippen LogP contribution in [0.4, 0.5) is 5.69 Å². The molecule has 3 heterocycles. The summed E-state index contributed by atoms with van der Waals surface area (Å²) in [6.07, 6.45) is 6.16. The van der Waals surface area contributed by atoms with Gasteiger partial charge in [-0.2, -0.15) is 4.80 Å². The highest BCUT2D eigenvalue weighted by Crippen LogP contribution is 2.52. The minimum absolute atomic E-state index is 0.0864. The molecule has 2 aromatic carbocycles. The highest BCUT2D eigenvalue weighted by Gasteiger charge is 2.44. The van der Waals surface area contributed by atoms with Crippen molar-refractivity contribution < 1.29 is 4.74 Å². The second-order valence-electron chi connectivity index (χ2n) is 8.44. The van der Waals surface area contributed by atoms with Gasteiger partial charge in [0.1, 0.15) is 6.61 Å². The van der Waals surface area contributed by atoms with E-state index in [2.05, 4.69) is 50.9 Å². The average Bonchev–Trinajstić information content (AvgIpc) is 3.41. The predicted molar refractivity (Wildman–Crippen MR) is 127 cm³/mol. The number of ether oxygens (including phenoxy) is 1. The van der Waals surface area contributed by atoms with Crippen molar-refractivity contribution in [3.8, 4) is 5.75 Å². The van der Waals surface area contributed by atoms with Gasteiger partial charge in [0.05, 0.1) is 23.8 Å². The summed E-state index contributed by atoms with van der Waals surface area (Å²) in [5.74, 6) is 1.41. The first-order valence-electron chi connectivity index (χ1n) is 10.4. The average molecular weight is 467 g/mol. The van der Waals surface area contributed by atoms with Crippen molar-refractivity contribution in [3.05, 3.63) is 63.9 Å². The standard InChI is InChI=1S/C23H20Cl2N6O/c1-12-28-30-31(29-12)7-8-32-22-20-16(15-9-13(24)3-5-18(15)26-20)10-17-21(22)27-19-6-4-14(25)11-23(17,19)2/h3-6,9-11,19,26-27H,7-8H2,1-2H3. The summed E-state index contributed by atoms with van der Waals surface area (Å²) in [7, 11) is 0. The number of aryl methyl sites for hydroxylation is 1. The largest absolute Gasteiger partial charge is 0.487 e. The van der Waals surface area contributed by atoms with Gasteiger partial charge >= 0.3 is 0 Å². The molecule has 7 nitrogen and oxygen atoms in total. The zero-order valence-corrected chi connectivity index (χ0v) is 19.0. The van der Waals surface area contributed by atoms with E-state index in [9.17, 15) is 0 Å². The Morgan fingerprint density at radius 1 is 1.22 bits per heavy atom. The Labute approximate surface area is 194 Å². The van der Waals surface area contributed by atoms with Gasteiger partial charge < -0.3 is 15.0 Å². The quantitative estimate of drug-likeness (QED) is 0.437. The van der Waals surface area contributed by atoms with E-state index in [-0.39, 0.29) is 11.5 Å². The SMILES string of the molecule is Cc1nnn(CCOc2c3c(cc4c2[nH]c2ccc(Cl)cc24)C2(C)C=C(Cl)C=CC2N3)n1. The van der Waals surface area contributed by atoms with Gasteiger partial charge in [0.25, 0.3) is 0 Å². The topological polar surface area (TPSA) is 80.6 Å². The molecular formula is C23H20Cl2N6O. The van der Waals surface area contributed by atoms with E-state index < -0.39 is 0 Å². The van der Waals surface area contributed by atoms with Crippen LogP contribution in [0.5, 0.6) is 5.75 Å². The van der Waals surface area contributed by atoms with Crippen LogP contribution in [0.3, 0.4) is 0 Å². The molecule has 2 unspecified atom stereocenters. The number of halogens is 2. The van der Waals surface area contributed by atoms with Crippen LogP contribution in [-0.2, 0) is 12.0 Å². The van der Waals surface area contributed by atoms with Gasteiger partial charge in [-0.3, -0.25) is 0 Å². The molecule has 1 aliphatic carbocycles. The number of anilines is 1. The van der Waals surface area contributed by atoms with Crippen LogP contribution < -0.4 is 10.1 Å². The first kappa shape index (κ1) is 19.6. The Bertz CT molecular complexity index is 1450. The lowest BCUT2D eigenvalue weighted by Gasteiger charge is -2.29. The van der Waals surface area contributed by atoms with Crippen molar-refractivity contribution in [1.29, 1.82) is 0 Å². The van der Waals surface area contributed by atoms with Gasteiger partial charge in [-0.15, -0.1) is 10.2 Å². The number of tetrazole rings is 1. The lowest BCUT2D eigenvalue weighted by molar-refractivity contribution is 0.284. The molecule has 32 heavy (non-hydrogen) atoms. The normalized spacial score (nSPS) is 21.5. The Kier molecular flexibility index (Phi) is 4.29. The van der Waals surface area contributed by atoms with Gasteiger partial charge in [-0.25, -0.2) is 0 Å². The number of allylic oxidation sites excluding steroid dienone is 2. The summed E-state index contributed by atoms with van der Waals surface area (Å²) < 4.78 is 6.38. The van der Waals surface area contributed by atoms with Gasteiger partial charge in [0.15, 0.2) is 11.6 Å². The number of rotatable bonds is 4. The number of H-pyrrole nitrogens is 1. The second-order valence-corrected chi connectivity index (χ2v) is 9.31. The van der Waals surface area contributed by atoms with Crippen molar-refractivity contribution in [2.24, 2.45) is 0 Å². The molecule has 0 saturated heterocycles. The number of nitrogens with one attached hydrogen (secondary N) is 2. The highest BCUT2D eigenvalue weighted by molar-refractivity contribution is 6.32. The van der Waals surface area contributed by atoms with E-state index in [0.29, 0.717) is 24.0 Å². The molecule has 0 spiro atoms. The molecule has 2 atom stereocenters. The summed E-state index contributed by atoms with van der Waals surface area (Å²) in [6, 6.07) is 8.17. The maximum absolute atomic E-state index is 6.41. The number of hydrogen-bond acceptors (Lipinski definition) is 5. The van der Waals surface area contributed by atoms with Crippen molar-refractivity contribution in [2.75, 3.05) is 11.9 Å². The van der Waals surface area contributed by atoms with Crippen LogP contribution in [0.25, 0.3) is 21.8 Å². The molecule has 9 heteroatoms. The molecule has 0 fully saturated rings. The Balaban J connectivity index is 1.51. The molecular weight excluding hydrogens is 447 g/mol. The number of fused-ring (bicyclic) bond motifs is 6. The van der Waals surface area contributed by atoms with Crippen LogP contribution in [0.15, 0.2) is 47.5 Å². The lowest BCUT2D eigenvalue weighted by atomic mass is 9.76. The smallest absolute Gasteiger partial charge is 0.171 e. The molecule has 0 saturated carbocycles. The van der Waals surface area contributed by atoms with Crippen LogP contribution in [-0.4, -0.2) is 37.8 Å². The van der Waals surface area contributed by atoms with Crippen LogP contribution in [0.2, 0.25) is 5.02 Å². The summed E-state index contributed by atoms with van der Waals surface area (Å²) in [5, 5.41) is 19.4. The third-order valence-corrected chi connectivity index (χ3v) is 6.79. The molecule has 4 aromatic rings. The van der Waals surface area contributed by atoms with Gasteiger partial charge in [-0.1, -0.05) is 35.4 Å². The van der Waals surface area contributed by atoms with Crippen molar-refractivity contribution in [2.45, 2.75) is 31.8 Å². The molecule has 0 radical (unpaired) electrons. The summed E-state index contributed by atoms with van der Waals surface area (Å²) in [5.41, 5.74) is 3.75. The fourth-order valence-electron chi connectivity index (χ4n) is 4.75. The van der Waals surface area contributed by atoms with E-state index in [1.54, 1.807) is 4.80 Å². The van der Waals surface area contributed by atoms with Crippen molar-refractivity contribution in [3.63, 3.8) is 0 Å². The minimum Gasteiger partial charge on any atom is -0.487 e. The molecule has 1 aliphatic heterocycles. The third kappa shape index (κ3) is 2.92. The fraction of sp³-hybridized carbons (Fsp3) is 0.261. The molecule has 2 N–H and O–H groups in total. The molecule has 2 aliphatic rings. The van der Waals surface area contributed by atoms with E-state index in [1.165, 1.54) is 0 Å². The number of benzene rings is 2.